The van der Waals surface area contributed by atoms with Crippen molar-refractivity contribution in [3.63, 3.8) is 0 Å². The highest BCUT2D eigenvalue weighted by molar-refractivity contribution is 6.10. The van der Waals surface area contributed by atoms with E-state index < -0.39 is 0 Å². The van der Waals surface area contributed by atoms with Gasteiger partial charge >= 0.3 is 0 Å². The predicted octanol–water partition coefficient (Wildman–Crippen LogP) is 5.55. The third kappa shape index (κ3) is 2.18. The molecule has 6 rings (SSSR count). The number of hydrogen-bond acceptors (Lipinski definition) is 4. The number of hydrogen-bond donors (Lipinski definition) is 0. The quantitative estimate of drug-likeness (QED) is 0.362. The standard InChI is InChI=1S/C24H14N4/c1-2-15-5-7-19-20(22(15)26-11-1)10-13-27-24(19)21-8-6-16-3-4-17-14-25-12-9-18(17)23(16)28-21/h1-14H. The third-order valence-electron chi connectivity index (χ3n) is 5.23. The zero-order chi connectivity index (χ0) is 18.5. The summed E-state index contributed by atoms with van der Waals surface area (Å²) in [5, 5.41) is 6.56. The van der Waals surface area contributed by atoms with Crippen LogP contribution in [0.15, 0.2) is 85.5 Å². The molecule has 2 aromatic carbocycles. The highest BCUT2D eigenvalue weighted by atomic mass is 14.8. The van der Waals surface area contributed by atoms with Crippen molar-refractivity contribution in [3.05, 3.63) is 85.5 Å². The van der Waals surface area contributed by atoms with E-state index in [1.165, 1.54) is 0 Å². The molecule has 4 heteroatoms. The van der Waals surface area contributed by atoms with Gasteiger partial charge in [0, 0.05) is 57.1 Å². The second-order valence-electron chi connectivity index (χ2n) is 6.83. The van der Waals surface area contributed by atoms with E-state index in [4.69, 9.17) is 4.98 Å². The summed E-state index contributed by atoms with van der Waals surface area (Å²) >= 11 is 0. The summed E-state index contributed by atoms with van der Waals surface area (Å²) in [7, 11) is 0. The van der Waals surface area contributed by atoms with Gasteiger partial charge in [0.15, 0.2) is 0 Å². The molecule has 6 aromatic rings. The molecule has 28 heavy (non-hydrogen) atoms. The normalized spacial score (nSPS) is 11.6. The van der Waals surface area contributed by atoms with Gasteiger partial charge in [-0.1, -0.05) is 36.4 Å². The smallest absolute Gasteiger partial charge is 0.0965 e. The highest BCUT2D eigenvalue weighted by Crippen LogP contribution is 2.32. The molecule has 4 nitrogen and oxygen atoms in total. The number of fused-ring (bicyclic) bond motifs is 6. The second-order valence-corrected chi connectivity index (χ2v) is 6.83. The Kier molecular flexibility index (Phi) is 3.14. The summed E-state index contributed by atoms with van der Waals surface area (Å²) in [6.07, 6.45) is 7.35. The van der Waals surface area contributed by atoms with E-state index in [0.717, 1.165) is 54.7 Å². The van der Waals surface area contributed by atoms with Gasteiger partial charge in [0.05, 0.1) is 22.4 Å². The molecule has 4 heterocycles. The average molecular weight is 358 g/mol. The first-order valence-corrected chi connectivity index (χ1v) is 9.15. The van der Waals surface area contributed by atoms with Crippen LogP contribution in [0, 0.1) is 0 Å². The van der Waals surface area contributed by atoms with Crippen LogP contribution >= 0.6 is 0 Å². The van der Waals surface area contributed by atoms with Gasteiger partial charge in [0.2, 0.25) is 0 Å². The predicted molar refractivity (Wildman–Crippen MR) is 113 cm³/mol. The Labute approximate surface area is 160 Å². The van der Waals surface area contributed by atoms with Crippen molar-refractivity contribution in [2.24, 2.45) is 0 Å². The molecular formula is C24H14N4. The van der Waals surface area contributed by atoms with Crippen LogP contribution in [0.3, 0.4) is 0 Å². The van der Waals surface area contributed by atoms with Gasteiger partial charge in [-0.05, 0) is 24.3 Å². The fraction of sp³-hybridized carbons (Fsp3) is 0. The van der Waals surface area contributed by atoms with E-state index >= 15 is 0 Å². The van der Waals surface area contributed by atoms with Crippen molar-refractivity contribution in [1.29, 1.82) is 0 Å². The van der Waals surface area contributed by atoms with Gasteiger partial charge in [-0.2, -0.15) is 0 Å². The van der Waals surface area contributed by atoms with E-state index in [9.17, 15) is 0 Å². The van der Waals surface area contributed by atoms with Crippen LogP contribution in [0.4, 0.5) is 0 Å². The lowest BCUT2D eigenvalue weighted by molar-refractivity contribution is 1.30. The molecule has 0 bridgehead atoms. The summed E-state index contributed by atoms with van der Waals surface area (Å²) in [4.78, 5) is 18.5. The van der Waals surface area contributed by atoms with Crippen molar-refractivity contribution in [2.45, 2.75) is 0 Å². The van der Waals surface area contributed by atoms with E-state index in [0.29, 0.717) is 0 Å². The van der Waals surface area contributed by atoms with Crippen LogP contribution in [-0.2, 0) is 0 Å². The summed E-state index contributed by atoms with van der Waals surface area (Å²) in [6.45, 7) is 0. The number of aromatic nitrogens is 4. The molecule has 0 radical (unpaired) electrons. The largest absolute Gasteiger partial charge is 0.264 e. The Balaban J connectivity index is 1.68. The molecule has 0 spiro atoms. The van der Waals surface area contributed by atoms with Gasteiger partial charge in [0.1, 0.15) is 0 Å². The minimum Gasteiger partial charge on any atom is -0.264 e. The number of benzene rings is 2. The zero-order valence-electron chi connectivity index (χ0n) is 14.9. The maximum atomic E-state index is 4.99. The second kappa shape index (κ2) is 5.79. The maximum absolute atomic E-state index is 4.99. The first kappa shape index (κ1) is 15.2. The van der Waals surface area contributed by atoms with Gasteiger partial charge in [-0.15, -0.1) is 0 Å². The molecule has 0 aliphatic heterocycles. The van der Waals surface area contributed by atoms with Crippen molar-refractivity contribution in [3.8, 4) is 11.4 Å². The molecule has 0 amide bonds. The molecule has 0 aliphatic rings. The fourth-order valence-electron chi connectivity index (χ4n) is 3.89. The van der Waals surface area contributed by atoms with E-state index in [1.807, 2.05) is 49.1 Å². The third-order valence-corrected chi connectivity index (χ3v) is 5.23. The van der Waals surface area contributed by atoms with Crippen molar-refractivity contribution in [1.82, 2.24) is 19.9 Å². The van der Waals surface area contributed by atoms with Crippen LogP contribution in [0.1, 0.15) is 0 Å². The Morgan fingerprint density at radius 1 is 0.536 bits per heavy atom. The van der Waals surface area contributed by atoms with Gasteiger partial charge in [-0.25, -0.2) is 4.98 Å². The van der Waals surface area contributed by atoms with Gasteiger partial charge in [0.25, 0.3) is 0 Å². The first-order chi connectivity index (χ1) is 13.9. The molecule has 0 fully saturated rings. The van der Waals surface area contributed by atoms with Crippen LogP contribution in [-0.4, -0.2) is 19.9 Å². The Bertz CT molecular complexity index is 1520. The lowest BCUT2D eigenvalue weighted by Crippen LogP contribution is -1.92. The molecule has 0 atom stereocenters. The van der Waals surface area contributed by atoms with Crippen LogP contribution in [0.25, 0.3) is 54.7 Å². The summed E-state index contributed by atoms with van der Waals surface area (Å²) < 4.78 is 0. The maximum Gasteiger partial charge on any atom is 0.0965 e. The van der Waals surface area contributed by atoms with Crippen LogP contribution in [0.2, 0.25) is 0 Å². The van der Waals surface area contributed by atoms with Gasteiger partial charge in [-0.3, -0.25) is 15.0 Å². The summed E-state index contributed by atoms with van der Waals surface area (Å²) in [6, 6.07) is 20.6. The highest BCUT2D eigenvalue weighted by Gasteiger charge is 2.11. The lowest BCUT2D eigenvalue weighted by atomic mass is 10.0. The first-order valence-electron chi connectivity index (χ1n) is 9.15. The minimum atomic E-state index is 0.859. The molecular weight excluding hydrogens is 344 g/mol. The molecule has 4 aromatic heterocycles. The summed E-state index contributed by atoms with van der Waals surface area (Å²) in [5.74, 6) is 0. The average Bonchev–Trinajstić information content (AvgIpc) is 2.78. The molecule has 0 unspecified atom stereocenters. The topological polar surface area (TPSA) is 51.6 Å². The molecule has 0 N–H and O–H groups in total. The molecule has 130 valence electrons. The Morgan fingerprint density at radius 2 is 1.36 bits per heavy atom. The SMILES string of the molecule is c1cnc2c(c1)ccc1c(-c3ccc4ccc5cnccc5c4n3)nccc12. The number of rotatable bonds is 1. The lowest BCUT2D eigenvalue weighted by Gasteiger charge is -2.09. The van der Waals surface area contributed by atoms with Crippen LogP contribution < -0.4 is 0 Å². The fourth-order valence-corrected chi connectivity index (χ4v) is 3.89. The van der Waals surface area contributed by atoms with Crippen LogP contribution in [0.5, 0.6) is 0 Å². The minimum absolute atomic E-state index is 0.859. The zero-order valence-corrected chi connectivity index (χ0v) is 14.9. The van der Waals surface area contributed by atoms with Crippen molar-refractivity contribution in [2.75, 3.05) is 0 Å². The van der Waals surface area contributed by atoms with Crippen molar-refractivity contribution < 1.29 is 0 Å². The molecule has 0 saturated carbocycles. The number of pyridine rings is 4. The molecule has 0 aliphatic carbocycles. The monoisotopic (exact) mass is 358 g/mol. The van der Waals surface area contributed by atoms with Gasteiger partial charge < -0.3 is 0 Å². The van der Waals surface area contributed by atoms with E-state index in [-0.39, 0.29) is 0 Å². The van der Waals surface area contributed by atoms with E-state index in [1.54, 1.807) is 0 Å². The number of nitrogens with zero attached hydrogens (tertiary/aromatic N) is 4. The summed E-state index contributed by atoms with van der Waals surface area (Å²) in [5.41, 5.74) is 3.69. The Morgan fingerprint density at radius 3 is 2.36 bits per heavy atom. The molecule has 0 saturated heterocycles. The Hall–Kier alpha value is -3.92. The van der Waals surface area contributed by atoms with E-state index in [2.05, 4.69) is 51.4 Å². The van der Waals surface area contributed by atoms with Crippen molar-refractivity contribution >= 4 is 43.4 Å².